The van der Waals surface area contributed by atoms with E-state index in [0.717, 1.165) is 12.0 Å². The lowest BCUT2D eigenvalue weighted by atomic mass is 10.2. The Bertz CT molecular complexity index is 712. The molecule has 0 unspecified atom stereocenters. The molecule has 0 radical (unpaired) electrons. The van der Waals surface area contributed by atoms with Gasteiger partial charge in [0, 0.05) is 5.69 Å². The zero-order chi connectivity index (χ0) is 14.8. The number of nitrogen functional groups attached to an aromatic ring is 1. The molecule has 0 fully saturated rings. The van der Waals surface area contributed by atoms with Crippen molar-refractivity contribution in [2.75, 3.05) is 10.5 Å². The molecule has 0 aromatic heterocycles. The van der Waals surface area contributed by atoms with E-state index in [1.807, 2.05) is 19.1 Å². The Balaban J connectivity index is 2.27. The molecule has 0 saturated heterocycles. The van der Waals surface area contributed by atoms with Crippen LogP contribution in [0.15, 0.2) is 47.4 Å². The number of nitrogens with two attached hydrogens (primary N) is 1. The smallest absolute Gasteiger partial charge is 0.261 e. The summed E-state index contributed by atoms with van der Waals surface area (Å²) in [4.78, 5) is 0.0824. The van der Waals surface area contributed by atoms with Crippen LogP contribution < -0.4 is 10.5 Å². The fraction of sp³-hybridized carbons (Fsp3) is 0.143. The normalized spacial score (nSPS) is 11.3. The molecular weight excluding hydrogens is 296 g/mol. The van der Waals surface area contributed by atoms with Crippen LogP contribution in [0.3, 0.4) is 0 Å². The van der Waals surface area contributed by atoms with Crippen LogP contribution in [0, 0.1) is 0 Å². The maximum Gasteiger partial charge on any atom is 0.261 e. The van der Waals surface area contributed by atoms with Gasteiger partial charge in [-0.15, -0.1) is 0 Å². The molecule has 2 aromatic rings. The number of hydrogen-bond acceptors (Lipinski definition) is 3. The molecule has 2 rings (SSSR count). The third-order valence-corrected chi connectivity index (χ3v) is 4.62. The topological polar surface area (TPSA) is 72.2 Å². The molecule has 0 heterocycles. The van der Waals surface area contributed by atoms with Crippen molar-refractivity contribution in [2.45, 2.75) is 18.2 Å². The summed E-state index contributed by atoms with van der Waals surface area (Å²) in [6.07, 6.45) is 0.904. The second-order valence-corrected chi connectivity index (χ2v) is 6.43. The number of sulfonamides is 1. The van der Waals surface area contributed by atoms with Gasteiger partial charge in [-0.2, -0.15) is 0 Å². The van der Waals surface area contributed by atoms with Crippen molar-refractivity contribution in [3.05, 3.63) is 53.1 Å². The number of hydrogen-bond donors (Lipinski definition) is 2. The van der Waals surface area contributed by atoms with Crippen molar-refractivity contribution < 1.29 is 8.42 Å². The van der Waals surface area contributed by atoms with Gasteiger partial charge < -0.3 is 5.73 Å². The number of aryl methyl sites for hydroxylation is 1. The van der Waals surface area contributed by atoms with Gasteiger partial charge in [0.25, 0.3) is 10.0 Å². The lowest BCUT2D eigenvalue weighted by molar-refractivity contribution is 0.601. The highest BCUT2D eigenvalue weighted by molar-refractivity contribution is 7.92. The van der Waals surface area contributed by atoms with E-state index in [0.29, 0.717) is 10.7 Å². The van der Waals surface area contributed by atoms with Gasteiger partial charge in [-0.1, -0.05) is 30.7 Å². The van der Waals surface area contributed by atoms with Crippen LogP contribution in [0.5, 0.6) is 0 Å². The maximum atomic E-state index is 12.2. The molecule has 4 nitrogen and oxygen atoms in total. The number of nitrogens with one attached hydrogen (secondary N) is 1. The Labute approximate surface area is 123 Å². The van der Waals surface area contributed by atoms with E-state index in [-0.39, 0.29) is 10.6 Å². The van der Waals surface area contributed by atoms with Crippen molar-refractivity contribution in [3.8, 4) is 0 Å². The Hall–Kier alpha value is -1.72. The fourth-order valence-corrected chi connectivity index (χ4v) is 2.92. The minimum Gasteiger partial charge on any atom is -0.397 e. The summed E-state index contributed by atoms with van der Waals surface area (Å²) in [5.41, 5.74) is 7.51. The third kappa shape index (κ3) is 3.23. The van der Waals surface area contributed by atoms with Crippen LogP contribution in [-0.2, 0) is 16.4 Å². The second kappa shape index (κ2) is 5.73. The van der Waals surface area contributed by atoms with E-state index in [1.54, 1.807) is 12.1 Å². The molecule has 0 aliphatic carbocycles. The lowest BCUT2D eigenvalue weighted by Crippen LogP contribution is -2.13. The average Bonchev–Trinajstić information content (AvgIpc) is 2.42. The summed E-state index contributed by atoms with van der Waals surface area (Å²) >= 11 is 5.78. The molecule has 0 saturated carbocycles. The largest absolute Gasteiger partial charge is 0.397 e. The molecule has 6 heteroatoms. The van der Waals surface area contributed by atoms with Gasteiger partial charge in [0.15, 0.2) is 0 Å². The van der Waals surface area contributed by atoms with Crippen LogP contribution >= 0.6 is 11.6 Å². The Kier molecular flexibility index (Phi) is 4.20. The van der Waals surface area contributed by atoms with Crippen LogP contribution in [0.2, 0.25) is 5.02 Å². The van der Waals surface area contributed by atoms with E-state index < -0.39 is 10.0 Å². The van der Waals surface area contributed by atoms with E-state index in [9.17, 15) is 8.42 Å². The van der Waals surface area contributed by atoms with Crippen LogP contribution in [0.4, 0.5) is 11.4 Å². The van der Waals surface area contributed by atoms with E-state index in [2.05, 4.69) is 4.72 Å². The number of benzene rings is 2. The summed E-state index contributed by atoms with van der Waals surface area (Å²) < 4.78 is 26.9. The van der Waals surface area contributed by atoms with E-state index in [4.69, 9.17) is 17.3 Å². The van der Waals surface area contributed by atoms with Crippen molar-refractivity contribution >= 4 is 33.0 Å². The summed E-state index contributed by atoms with van der Waals surface area (Å²) in [5, 5.41) is 0.330. The molecule has 0 spiro atoms. The van der Waals surface area contributed by atoms with Gasteiger partial charge >= 0.3 is 0 Å². The molecule has 0 amide bonds. The third-order valence-electron chi connectivity index (χ3n) is 2.89. The summed E-state index contributed by atoms with van der Waals surface area (Å²) in [5.74, 6) is 0. The number of rotatable bonds is 4. The standard InChI is InChI=1S/C14H15ClN2O2S/c1-2-10-3-5-11(6-4-10)17-20(18,19)12-7-8-13(15)14(16)9-12/h3-9,17H,2,16H2,1H3. The average molecular weight is 311 g/mol. The van der Waals surface area contributed by atoms with Crippen molar-refractivity contribution in [3.63, 3.8) is 0 Å². The van der Waals surface area contributed by atoms with Gasteiger partial charge in [-0.05, 0) is 42.3 Å². The quantitative estimate of drug-likeness (QED) is 0.851. The molecule has 0 aliphatic rings. The highest BCUT2D eigenvalue weighted by atomic mass is 35.5. The first-order valence-electron chi connectivity index (χ1n) is 6.09. The Morgan fingerprint density at radius 3 is 2.35 bits per heavy atom. The zero-order valence-electron chi connectivity index (χ0n) is 10.9. The first-order valence-corrected chi connectivity index (χ1v) is 7.95. The summed E-state index contributed by atoms with van der Waals surface area (Å²) in [6, 6.07) is 11.5. The van der Waals surface area contributed by atoms with Crippen LogP contribution in [0.25, 0.3) is 0 Å². The first-order chi connectivity index (χ1) is 9.42. The lowest BCUT2D eigenvalue weighted by Gasteiger charge is -2.09. The van der Waals surface area contributed by atoms with Gasteiger partial charge in [-0.3, -0.25) is 4.72 Å². The maximum absolute atomic E-state index is 12.2. The van der Waals surface area contributed by atoms with Gasteiger partial charge in [0.2, 0.25) is 0 Å². The van der Waals surface area contributed by atoms with Gasteiger partial charge in [0.1, 0.15) is 0 Å². The van der Waals surface area contributed by atoms with Crippen LogP contribution in [-0.4, -0.2) is 8.42 Å². The summed E-state index contributed by atoms with van der Waals surface area (Å²) in [7, 11) is -3.66. The predicted octanol–water partition coefficient (Wildman–Crippen LogP) is 3.29. The molecule has 0 aliphatic heterocycles. The highest BCUT2D eigenvalue weighted by Gasteiger charge is 2.15. The van der Waals surface area contributed by atoms with Crippen LogP contribution in [0.1, 0.15) is 12.5 Å². The Morgan fingerprint density at radius 2 is 1.80 bits per heavy atom. The van der Waals surface area contributed by atoms with Gasteiger partial charge in [0.05, 0.1) is 15.6 Å². The van der Waals surface area contributed by atoms with E-state index >= 15 is 0 Å². The molecule has 106 valence electrons. The molecule has 20 heavy (non-hydrogen) atoms. The van der Waals surface area contributed by atoms with Crippen molar-refractivity contribution in [2.24, 2.45) is 0 Å². The minimum absolute atomic E-state index is 0.0824. The molecular formula is C14H15ClN2O2S. The highest BCUT2D eigenvalue weighted by Crippen LogP contribution is 2.24. The second-order valence-electron chi connectivity index (χ2n) is 4.34. The minimum atomic E-state index is -3.66. The van der Waals surface area contributed by atoms with E-state index in [1.165, 1.54) is 18.2 Å². The van der Waals surface area contributed by atoms with Gasteiger partial charge in [-0.25, -0.2) is 8.42 Å². The SMILES string of the molecule is CCc1ccc(NS(=O)(=O)c2ccc(Cl)c(N)c2)cc1. The fourth-order valence-electron chi connectivity index (χ4n) is 1.71. The molecule has 2 aromatic carbocycles. The predicted molar refractivity (Wildman–Crippen MR) is 82.5 cm³/mol. The summed E-state index contributed by atoms with van der Waals surface area (Å²) in [6.45, 7) is 2.04. The molecule has 3 N–H and O–H groups in total. The molecule has 0 atom stereocenters. The zero-order valence-corrected chi connectivity index (χ0v) is 12.5. The van der Waals surface area contributed by atoms with Crippen molar-refractivity contribution in [1.82, 2.24) is 0 Å². The monoisotopic (exact) mass is 310 g/mol. The number of anilines is 2. The van der Waals surface area contributed by atoms with Crippen molar-refractivity contribution in [1.29, 1.82) is 0 Å². The molecule has 0 bridgehead atoms. The Morgan fingerprint density at radius 1 is 1.15 bits per heavy atom. The number of halogens is 1. The first kappa shape index (κ1) is 14.7.